The van der Waals surface area contributed by atoms with Gasteiger partial charge in [0.25, 0.3) is 0 Å². The van der Waals surface area contributed by atoms with Crippen LogP contribution in [0.2, 0.25) is 0 Å². The van der Waals surface area contributed by atoms with Gasteiger partial charge in [-0.1, -0.05) is 0 Å². The second-order valence-corrected chi connectivity index (χ2v) is 4.36. The fraction of sp³-hybridized carbons (Fsp3) is 0.333. The van der Waals surface area contributed by atoms with Crippen molar-refractivity contribution in [2.75, 3.05) is 0 Å². The highest BCUT2D eigenvalue weighted by Gasteiger charge is 2.01. The van der Waals surface area contributed by atoms with E-state index in [0.29, 0.717) is 5.88 Å². The van der Waals surface area contributed by atoms with Crippen molar-refractivity contribution in [2.24, 2.45) is 0 Å². The van der Waals surface area contributed by atoms with Crippen LogP contribution in [0.4, 0.5) is 0 Å². The van der Waals surface area contributed by atoms with Gasteiger partial charge in [0, 0.05) is 11.6 Å². The summed E-state index contributed by atoms with van der Waals surface area (Å²) in [4.78, 5) is 8.52. The number of hydrogen-bond acceptors (Lipinski definition) is 3. The molecule has 0 N–H and O–H groups in total. The molecule has 2 heterocycles. The van der Waals surface area contributed by atoms with Crippen molar-refractivity contribution >= 4 is 22.9 Å². The van der Waals surface area contributed by atoms with E-state index in [1.807, 2.05) is 17.7 Å². The molecular weight excluding hydrogens is 218 g/mol. The zero-order valence-electron chi connectivity index (χ0n) is 7.77. The number of halogens is 1. The van der Waals surface area contributed by atoms with Crippen molar-refractivity contribution in [1.29, 1.82) is 0 Å². The van der Waals surface area contributed by atoms with Gasteiger partial charge in [0.2, 0.25) is 0 Å². The largest absolute Gasteiger partial charge is 0.331 e. The van der Waals surface area contributed by atoms with Crippen LogP contribution in [0, 0.1) is 6.92 Å². The maximum absolute atomic E-state index is 5.66. The number of imidazole rings is 1. The van der Waals surface area contributed by atoms with Crippen molar-refractivity contribution in [1.82, 2.24) is 14.5 Å². The summed E-state index contributed by atoms with van der Waals surface area (Å²) < 4.78 is 1.99. The Kier molecular flexibility index (Phi) is 2.84. The monoisotopic (exact) mass is 227 g/mol. The molecule has 0 aromatic carbocycles. The topological polar surface area (TPSA) is 30.7 Å². The zero-order chi connectivity index (χ0) is 9.97. The van der Waals surface area contributed by atoms with Gasteiger partial charge < -0.3 is 4.57 Å². The van der Waals surface area contributed by atoms with Crippen molar-refractivity contribution in [3.8, 4) is 0 Å². The number of nitrogens with zero attached hydrogens (tertiary/aromatic N) is 3. The second-order valence-electron chi connectivity index (χ2n) is 3.03. The maximum atomic E-state index is 5.66. The number of hydrogen-bond donors (Lipinski definition) is 0. The van der Waals surface area contributed by atoms with E-state index in [1.165, 1.54) is 0 Å². The molecule has 0 amide bonds. The lowest BCUT2D eigenvalue weighted by Gasteiger charge is -1.96. The van der Waals surface area contributed by atoms with E-state index in [1.54, 1.807) is 17.7 Å². The molecule has 0 unspecified atom stereocenters. The smallest absolute Gasteiger partial charge is 0.0953 e. The van der Waals surface area contributed by atoms with Gasteiger partial charge in [-0.2, -0.15) is 0 Å². The highest BCUT2D eigenvalue weighted by molar-refractivity contribution is 7.09. The van der Waals surface area contributed by atoms with E-state index in [-0.39, 0.29) is 0 Å². The van der Waals surface area contributed by atoms with Gasteiger partial charge in [-0.05, 0) is 6.92 Å². The minimum absolute atomic E-state index is 0.461. The van der Waals surface area contributed by atoms with Crippen LogP contribution < -0.4 is 0 Å². The first-order valence-corrected chi connectivity index (χ1v) is 5.67. The quantitative estimate of drug-likeness (QED) is 0.755. The fourth-order valence-corrected chi connectivity index (χ4v) is 1.97. The molecule has 0 aliphatic heterocycles. The van der Waals surface area contributed by atoms with Gasteiger partial charge in [-0.3, -0.25) is 0 Å². The van der Waals surface area contributed by atoms with Crippen molar-refractivity contribution in [3.05, 3.63) is 34.3 Å². The lowest BCUT2D eigenvalue weighted by Crippen LogP contribution is -1.96. The fourth-order valence-electron chi connectivity index (χ4n) is 1.23. The summed E-state index contributed by atoms with van der Waals surface area (Å²) in [6.07, 6.45) is 3.73. The Bertz CT molecular complexity index is 421. The minimum atomic E-state index is 0.461. The van der Waals surface area contributed by atoms with Gasteiger partial charge >= 0.3 is 0 Å². The Morgan fingerprint density at radius 1 is 1.50 bits per heavy atom. The number of aromatic nitrogens is 3. The molecule has 0 aliphatic rings. The molecule has 0 saturated carbocycles. The third kappa shape index (κ3) is 2.13. The summed E-state index contributed by atoms with van der Waals surface area (Å²) in [6.45, 7) is 2.78. The molecule has 0 spiro atoms. The molecule has 14 heavy (non-hydrogen) atoms. The Morgan fingerprint density at radius 3 is 2.93 bits per heavy atom. The molecule has 0 saturated heterocycles. The van der Waals surface area contributed by atoms with Gasteiger partial charge in [-0.25, -0.2) is 9.97 Å². The summed E-state index contributed by atoms with van der Waals surface area (Å²) in [5.41, 5.74) is 1.98. The summed E-state index contributed by atoms with van der Waals surface area (Å²) >= 11 is 7.32. The Balaban J connectivity index is 2.10. The maximum Gasteiger partial charge on any atom is 0.0953 e. The van der Waals surface area contributed by atoms with Crippen molar-refractivity contribution < 1.29 is 0 Å². The van der Waals surface area contributed by atoms with E-state index in [4.69, 9.17) is 11.6 Å². The third-order valence-corrected chi connectivity index (χ3v) is 2.93. The molecule has 0 radical (unpaired) electrons. The molecule has 74 valence electrons. The van der Waals surface area contributed by atoms with Crippen LogP contribution >= 0.6 is 22.9 Å². The molecule has 2 rings (SSSR count). The van der Waals surface area contributed by atoms with Crippen LogP contribution in [0.1, 0.15) is 16.4 Å². The molecule has 0 atom stereocenters. The molecule has 2 aromatic rings. The lowest BCUT2D eigenvalue weighted by molar-refractivity contribution is 0.776. The molecule has 0 aliphatic carbocycles. The van der Waals surface area contributed by atoms with E-state index >= 15 is 0 Å². The molecule has 5 heteroatoms. The molecule has 3 nitrogen and oxygen atoms in total. The van der Waals surface area contributed by atoms with Crippen LogP contribution in [0.3, 0.4) is 0 Å². The van der Waals surface area contributed by atoms with Gasteiger partial charge in [0.05, 0.1) is 35.1 Å². The summed E-state index contributed by atoms with van der Waals surface area (Å²) in [5, 5.41) is 3.16. The van der Waals surface area contributed by atoms with Crippen molar-refractivity contribution in [3.63, 3.8) is 0 Å². The lowest BCUT2D eigenvalue weighted by atomic mass is 10.5. The molecular formula is C9H10ClN3S. The van der Waals surface area contributed by atoms with Crippen LogP contribution in [-0.2, 0) is 12.4 Å². The van der Waals surface area contributed by atoms with Crippen LogP contribution in [0.5, 0.6) is 0 Å². The van der Waals surface area contributed by atoms with E-state index in [2.05, 4.69) is 15.3 Å². The van der Waals surface area contributed by atoms with Crippen molar-refractivity contribution in [2.45, 2.75) is 19.3 Å². The number of aryl methyl sites for hydroxylation is 1. The van der Waals surface area contributed by atoms with Crippen LogP contribution in [-0.4, -0.2) is 14.5 Å². The first-order chi connectivity index (χ1) is 6.78. The van der Waals surface area contributed by atoms with Crippen LogP contribution in [0.25, 0.3) is 0 Å². The van der Waals surface area contributed by atoms with E-state index in [9.17, 15) is 0 Å². The Hall–Kier alpha value is -0.870. The summed E-state index contributed by atoms with van der Waals surface area (Å²) in [6, 6.07) is 0. The highest BCUT2D eigenvalue weighted by atomic mass is 35.5. The number of rotatable bonds is 3. The van der Waals surface area contributed by atoms with Gasteiger partial charge in [0.1, 0.15) is 0 Å². The Morgan fingerprint density at radius 2 is 2.36 bits per heavy atom. The third-order valence-electron chi connectivity index (χ3n) is 1.83. The second kappa shape index (κ2) is 4.11. The Labute approximate surface area is 91.4 Å². The normalized spacial score (nSPS) is 10.7. The van der Waals surface area contributed by atoms with E-state index in [0.717, 1.165) is 22.9 Å². The molecule has 0 bridgehead atoms. The zero-order valence-corrected chi connectivity index (χ0v) is 9.35. The van der Waals surface area contributed by atoms with E-state index < -0.39 is 0 Å². The predicted octanol–water partition coefficient (Wildman–Crippen LogP) is 2.44. The standard InChI is InChI=1S/C9H10ClN3S/c1-7-12-9(5-14-7)4-13-3-8(2-10)11-6-13/h3,5-6H,2,4H2,1H3. The number of alkyl halides is 1. The summed E-state index contributed by atoms with van der Waals surface area (Å²) in [5.74, 6) is 0.461. The minimum Gasteiger partial charge on any atom is -0.331 e. The van der Waals surface area contributed by atoms with Gasteiger partial charge in [0.15, 0.2) is 0 Å². The van der Waals surface area contributed by atoms with Crippen LogP contribution in [0.15, 0.2) is 17.9 Å². The van der Waals surface area contributed by atoms with Gasteiger partial charge in [-0.15, -0.1) is 22.9 Å². The average Bonchev–Trinajstić information content (AvgIpc) is 2.76. The highest BCUT2D eigenvalue weighted by Crippen LogP contribution is 2.10. The number of thiazole rings is 1. The first-order valence-electron chi connectivity index (χ1n) is 4.25. The first kappa shape index (κ1) is 9.68. The average molecular weight is 228 g/mol. The molecule has 0 fully saturated rings. The predicted molar refractivity (Wildman–Crippen MR) is 57.7 cm³/mol. The molecule has 2 aromatic heterocycles. The summed E-state index contributed by atoms with van der Waals surface area (Å²) in [7, 11) is 0. The SMILES string of the molecule is Cc1nc(Cn2cnc(CCl)c2)cs1.